The maximum absolute atomic E-state index is 12.2. The molecule has 1 N–H and O–H groups in total. The van der Waals surface area contributed by atoms with Crippen LogP contribution in [0.2, 0.25) is 0 Å². The first-order valence-corrected chi connectivity index (χ1v) is 10.4. The van der Waals surface area contributed by atoms with Crippen LogP contribution in [0.3, 0.4) is 0 Å². The lowest BCUT2D eigenvalue weighted by Crippen LogP contribution is -2.28. The number of hydrogen-bond donors (Lipinski definition) is 1. The van der Waals surface area contributed by atoms with Gasteiger partial charge in [0.1, 0.15) is 12.4 Å². The van der Waals surface area contributed by atoms with Crippen molar-refractivity contribution in [2.45, 2.75) is 31.9 Å². The van der Waals surface area contributed by atoms with Crippen LogP contribution in [0, 0.1) is 0 Å². The third-order valence-corrected chi connectivity index (χ3v) is 4.68. The van der Waals surface area contributed by atoms with Crippen molar-refractivity contribution in [1.29, 1.82) is 0 Å². The van der Waals surface area contributed by atoms with Crippen molar-refractivity contribution in [3.05, 3.63) is 65.2 Å². The number of carbonyl (C=O) groups excluding carboxylic acids is 1. The molecule has 2 aromatic rings. The Kier molecular flexibility index (Phi) is 6.98. The van der Waals surface area contributed by atoms with E-state index in [-0.39, 0.29) is 11.3 Å². The molecule has 4 nitrogen and oxygen atoms in total. The van der Waals surface area contributed by atoms with Crippen LogP contribution < -0.4 is 10.1 Å². The SMILES string of the molecule is CS(=O)Cc1cccc(C(=O)NCCOc2ccc(C(C)(C)C)cc2)c1. The Bertz CT molecular complexity index is 764. The van der Waals surface area contributed by atoms with Gasteiger partial charge in [0.15, 0.2) is 0 Å². The fourth-order valence-corrected chi connectivity index (χ4v) is 3.17. The van der Waals surface area contributed by atoms with Gasteiger partial charge in [-0.05, 0) is 40.8 Å². The van der Waals surface area contributed by atoms with Gasteiger partial charge < -0.3 is 10.1 Å². The summed E-state index contributed by atoms with van der Waals surface area (Å²) in [7, 11) is -0.925. The third-order valence-electron chi connectivity index (χ3n) is 3.94. The summed E-state index contributed by atoms with van der Waals surface area (Å²) in [6.45, 7) is 7.34. The monoisotopic (exact) mass is 373 g/mol. The Morgan fingerprint density at radius 1 is 1.12 bits per heavy atom. The molecular formula is C21H27NO3S. The molecule has 0 saturated carbocycles. The fourth-order valence-electron chi connectivity index (χ4n) is 2.52. The van der Waals surface area contributed by atoms with Gasteiger partial charge >= 0.3 is 0 Å². The second kappa shape index (κ2) is 8.99. The normalized spacial score (nSPS) is 12.5. The average molecular weight is 374 g/mol. The van der Waals surface area contributed by atoms with Gasteiger partial charge in [0.2, 0.25) is 0 Å². The van der Waals surface area contributed by atoms with E-state index in [1.807, 2.05) is 24.3 Å². The Morgan fingerprint density at radius 2 is 1.81 bits per heavy atom. The number of benzene rings is 2. The molecule has 140 valence electrons. The molecule has 0 saturated heterocycles. The molecule has 0 aliphatic rings. The highest BCUT2D eigenvalue weighted by Gasteiger charge is 2.13. The van der Waals surface area contributed by atoms with E-state index in [1.165, 1.54) is 5.56 Å². The number of rotatable bonds is 7. The second-order valence-corrected chi connectivity index (χ2v) is 8.73. The Labute approximate surface area is 158 Å². The zero-order valence-corrected chi connectivity index (χ0v) is 16.7. The van der Waals surface area contributed by atoms with Crippen molar-refractivity contribution in [3.8, 4) is 5.75 Å². The maximum atomic E-state index is 12.2. The van der Waals surface area contributed by atoms with E-state index < -0.39 is 10.8 Å². The Hall–Kier alpha value is -2.14. The third kappa shape index (κ3) is 6.30. The van der Waals surface area contributed by atoms with Crippen molar-refractivity contribution in [2.75, 3.05) is 19.4 Å². The molecular weight excluding hydrogens is 346 g/mol. The Morgan fingerprint density at radius 3 is 2.42 bits per heavy atom. The molecule has 2 aromatic carbocycles. The van der Waals surface area contributed by atoms with Crippen LogP contribution in [0.25, 0.3) is 0 Å². The first-order chi connectivity index (χ1) is 12.3. The molecule has 0 radical (unpaired) electrons. The minimum absolute atomic E-state index is 0.116. The first kappa shape index (κ1) is 20.2. The van der Waals surface area contributed by atoms with E-state index in [1.54, 1.807) is 18.4 Å². The second-order valence-electron chi connectivity index (χ2n) is 7.30. The highest BCUT2D eigenvalue weighted by atomic mass is 32.2. The predicted molar refractivity (Wildman–Crippen MR) is 107 cm³/mol. The van der Waals surface area contributed by atoms with Crippen LogP contribution in [-0.4, -0.2) is 29.5 Å². The lowest BCUT2D eigenvalue weighted by Gasteiger charge is -2.19. The van der Waals surface area contributed by atoms with Gasteiger partial charge in [0.25, 0.3) is 5.91 Å². The molecule has 0 spiro atoms. The van der Waals surface area contributed by atoms with E-state index >= 15 is 0 Å². The predicted octanol–water partition coefficient (Wildman–Crippen LogP) is 3.67. The molecule has 0 bridgehead atoms. The largest absolute Gasteiger partial charge is 0.492 e. The topological polar surface area (TPSA) is 55.4 Å². The van der Waals surface area contributed by atoms with Crippen molar-refractivity contribution < 1.29 is 13.7 Å². The summed E-state index contributed by atoms with van der Waals surface area (Å²) in [5, 5.41) is 2.85. The van der Waals surface area contributed by atoms with Gasteiger partial charge in [-0.2, -0.15) is 0 Å². The van der Waals surface area contributed by atoms with Crippen LogP contribution in [0.4, 0.5) is 0 Å². The standard InChI is InChI=1S/C21H27NO3S/c1-21(2,3)18-8-10-19(11-9-18)25-13-12-22-20(23)17-7-5-6-16(14-17)15-26(4)24/h5-11,14H,12-13,15H2,1-4H3,(H,22,23). The molecule has 0 fully saturated rings. The van der Waals surface area contributed by atoms with Gasteiger partial charge in [-0.15, -0.1) is 0 Å². The van der Waals surface area contributed by atoms with E-state index in [0.29, 0.717) is 24.5 Å². The van der Waals surface area contributed by atoms with Gasteiger partial charge in [0.05, 0.1) is 6.54 Å². The fraction of sp³-hybridized carbons (Fsp3) is 0.381. The van der Waals surface area contributed by atoms with Gasteiger partial charge in [-0.1, -0.05) is 45.0 Å². The highest BCUT2D eigenvalue weighted by Crippen LogP contribution is 2.24. The Balaban J connectivity index is 1.81. The summed E-state index contributed by atoms with van der Waals surface area (Å²) in [6.07, 6.45) is 1.65. The van der Waals surface area contributed by atoms with Gasteiger partial charge in [-0.25, -0.2) is 0 Å². The minimum Gasteiger partial charge on any atom is -0.492 e. The van der Waals surface area contributed by atoms with Gasteiger partial charge in [-0.3, -0.25) is 9.00 Å². The van der Waals surface area contributed by atoms with Gasteiger partial charge in [0, 0.05) is 28.4 Å². The minimum atomic E-state index is -0.925. The summed E-state index contributed by atoms with van der Waals surface area (Å²) in [5.74, 6) is 1.09. The lowest BCUT2D eigenvalue weighted by atomic mass is 9.87. The molecule has 1 unspecified atom stereocenters. The summed E-state index contributed by atoms with van der Waals surface area (Å²) in [6, 6.07) is 15.3. The molecule has 26 heavy (non-hydrogen) atoms. The van der Waals surface area contributed by atoms with Crippen LogP contribution >= 0.6 is 0 Å². The zero-order valence-electron chi connectivity index (χ0n) is 15.9. The summed E-state index contributed by atoms with van der Waals surface area (Å²) >= 11 is 0. The lowest BCUT2D eigenvalue weighted by molar-refractivity contribution is 0.0947. The number of amides is 1. The molecule has 1 amide bonds. The van der Waals surface area contributed by atoms with E-state index in [2.05, 4.69) is 38.2 Å². The average Bonchev–Trinajstić information content (AvgIpc) is 2.58. The summed E-state index contributed by atoms with van der Waals surface area (Å²) in [4.78, 5) is 12.2. The molecule has 0 aliphatic carbocycles. The number of ether oxygens (including phenoxy) is 1. The summed E-state index contributed by atoms with van der Waals surface area (Å²) in [5.41, 5.74) is 2.84. The van der Waals surface area contributed by atoms with Crippen molar-refractivity contribution in [1.82, 2.24) is 5.32 Å². The molecule has 5 heteroatoms. The van der Waals surface area contributed by atoms with E-state index in [0.717, 1.165) is 11.3 Å². The number of hydrogen-bond acceptors (Lipinski definition) is 3. The van der Waals surface area contributed by atoms with E-state index in [9.17, 15) is 9.00 Å². The maximum Gasteiger partial charge on any atom is 0.251 e. The quantitative estimate of drug-likeness (QED) is 0.754. The molecule has 1 atom stereocenters. The van der Waals surface area contributed by atoms with Crippen LogP contribution in [0.5, 0.6) is 5.75 Å². The van der Waals surface area contributed by atoms with Crippen molar-refractivity contribution in [3.63, 3.8) is 0 Å². The number of nitrogens with one attached hydrogen (secondary N) is 1. The first-order valence-electron chi connectivity index (χ1n) is 8.66. The van der Waals surface area contributed by atoms with Crippen LogP contribution in [0.15, 0.2) is 48.5 Å². The molecule has 0 heterocycles. The van der Waals surface area contributed by atoms with Crippen molar-refractivity contribution in [2.24, 2.45) is 0 Å². The van der Waals surface area contributed by atoms with E-state index in [4.69, 9.17) is 4.74 Å². The molecule has 0 aliphatic heterocycles. The molecule has 2 rings (SSSR count). The molecule has 0 aromatic heterocycles. The smallest absolute Gasteiger partial charge is 0.251 e. The zero-order chi connectivity index (χ0) is 19.2. The summed E-state index contributed by atoms with van der Waals surface area (Å²) < 4.78 is 17.0. The number of carbonyl (C=O) groups is 1. The van der Waals surface area contributed by atoms with Crippen LogP contribution in [-0.2, 0) is 22.0 Å². The van der Waals surface area contributed by atoms with Crippen molar-refractivity contribution >= 4 is 16.7 Å². The van der Waals surface area contributed by atoms with Crippen LogP contribution in [0.1, 0.15) is 42.3 Å². The highest BCUT2D eigenvalue weighted by molar-refractivity contribution is 7.83.